The predicted octanol–water partition coefficient (Wildman–Crippen LogP) is -2.01. The first kappa shape index (κ1) is 12.4. The van der Waals surface area contributed by atoms with E-state index in [0.29, 0.717) is 12.8 Å². The van der Waals surface area contributed by atoms with Gasteiger partial charge in [0.05, 0.1) is 24.2 Å². The molecule has 0 bridgehead atoms. The molecule has 0 aromatic carbocycles. The first-order valence-electron chi connectivity index (χ1n) is 4.69. The van der Waals surface area contributed by atoms with E-state index in [2.05, 4.69) is 0 Å². The van der Waals surface area contributed by atoms with Gasteiger partial charge in [0.15, 0.2) is 9.84 Å². The van der Waals surface area contributed by atoms with Gasteiger partial charge < -0.3 is 15.1 Å². The van der Waals surface area contributed by atoms with Crippen molar-refractivity contribution in [3.8, 4) is 0 Å². The zero-order valence-electron chi connectivity index (χ0n) is 8.24. The molecule has 1 rings (SSSR count). The molecule has 0 radical (unpaired) electrons. The van der Waals surface area contributed by atoms with E-state index >= 15 is 0 Å². The van der Waals surface area contributed by atoms with Gasteiger partial charge in [0.2, 0.25) is 6.41 Å². The van der Waals surface area contributed by atoms with Crippen LogP contribution in [0.2, 0.25) is 0 Å². The van der Waals surface area contributed by atoms with E-state index in [0.717, 1.165) is 0 Å². The summed E-state index contributed by atoms with van der Waals surface area (Å²) in [7, 11) is -3.04. The maximum absolute atomic E-state index is 11.2. The Morgan fingerprint density at radius 1 is 1.53 bits per heavy atom. The van der Waals surface area contributed by atoms with Crippen LogP contribution >= 0.6 is 0 Å². The fourth-order valence-electron chi connectivity index (χ4n) is 1.62. The number of nitrogens with zero attached hydrogens (tertiary/aromatic N) is 1. The summed E-state index contributed by atoms with van der Waals surface area (Å²) >= 11 is 0. The topological polar surface area (TPSA) is 94.9 Å². The Balaban J connectivity index is 2.57. The molecule has 7 heteroatoms. The fraction of sp³-hybridized carbons (Fsp3) is 0.875. The maximum Gasteiger partial charge on any atom is 0.210 e. The van der Waals surface area contributed by atoms with Gasteiger partial charge in [0.1, 0.15) is 0 Å². The molecule has 88 valence electrons. The Labute approximate surface area is 88.4 Å². The van der Waals surface area contributed by atoms with Crippen LogP contribution < -0.4 is 0 Å². The smallest absolute Gasteiger partial charge is 0.210 e. The average Bonchev–Trinajstić information content (AvgIpc) is 2.54. The molecule has 1 aliphatic heterocycles. The van der Waals surface area contributed by atoms with Crippen LogP contribution in [0.5, 0.6) is 0 Å². The van der Waals surface area contributed by atoms with Gasteiger partial charge in [-0.05, 0) is 6.42 Å². The second kappa shape index (κ2) is 4.91. The van der Waals surface area contributed by atoms with Gasteiger partial charge in [-0.15, -0.1) is 0 Å². The molecule has 0 aromatic heterocycles. The highest BCUT2D eigenvalue weighted by atomic mass is 32.2. The minimum atomic E-state index is -3.04. The molecular weight excluding hydrogens is 222 g/mol. The maximum atomic E-state index is 11.2. The van der Waals surface area contributed by atoms with Crippen LogP contribution in [0.15, 0.2) is 0 Å². The summed E-state index contributed by atoms with van der Waals surface area (Å²) in [5.41, 5.74) is 0. The molecule has 1 heterocycles. The summed E-state index contributed by atoms with van der Waals surface area (Å²) in [6.07, 6.45) is -0.0950. The van der Waals surface area contributed by atoms with Crippen molar-refractivity contribution in [2.45, 2.75) is 18.6 Å². The number of hydrogen-bond donors (Lipinski definition) is 2. The molecule has 1 amide bonds. The van der Waals surface area contributed by atoms with Crippen molar-refractivity contribution in [2.75, 3.05) is 24.7 Å². The van der Waals surface area contributed by atoms with Crippen molar-refractivity contribution in [3.63, 3.8) is 0 Å². The van der Waals surface area contributed by atoms with E-state index in [1.807, 2.05) is 0 Å². The van der Waals surface area contributed by atoms with Gasteiger partial charge >= 0.3 is 0 Å². The Morgan fingerprint density at radius 3 is 2.60 bits per heavy atom. The first-order chi connectivity index (χ1) is 6.98. The number of hydrogen-bond acceptors (Lipinski definition) is 5. The minimum Gasteiger partial charge on any atom is -0.394 e. The third kappa shape index (κ3) is 3.44. The van der Waals surface area contributed by atoms with Crippen molar-refractivity contribution < 1.29 is 23.4 Å². The molecule has 0 saturated carbocycles. The third-order valence-corrected chi connectivity index (χ3v) is 4.20. The average molecular weight is 237 g/mol. The van der Waals surface area contributed by atoms with Crippen LogP contribution in [0, 0.1) is 0 Å². The van der Waals surface area contributed by atoms with E-state index in [-0.39, 0.29) is 24.1 Å². The quantitative estimate of drug-likeness (QED) is 0.538. The molecule has 1 aliphatic rings. The number of aliphatic hydroxyl groups excluding tert-OH is 2. The molecule has 1 fully saturated rings. The van der Waals surface area contributed by atoms with Crippen LogP contribution in [0.1, 0.15) is 6.42 Å². The highest BCUT2D eigenvalue weighted by Crippen LogP contribution is 2.16. The second-order valence-electron chi connectivity index (χ2n) is 3.70. The molecule has 0 unspecified atom stereocenters. The molecule has 0 aliphatic carbocycles. The predicted molar refractivity (Wildman–Crippen MR) is 52.9 cm³/mol. The first-order valence-corrected chi connectivity index (χ1v) is 6.51. The molecular formula is C8H15NO5S. The summed E-state index contributed by atoms with van der Waals surface area (Å²) in [5, 5.41) is 17.8. The van der Waals surface area contributed by atoms with Crippen LogP contribution in [0.4, 0.5) is 0 Å². The van der Waals surface area contributed by atoms with Gasteiger partial charge in [-0.1, -0.05) is 0 Å². The van der Waals surface area contributed by atoms with Gasteiger partial charge in [0, 0.05) is 12.6 Å². The van der Waals surface area contributed by atoms with Crippen LogP contribution in [0.25, 0.3) is 0 Å². The number of sulfone groups is 1. The SMILES string of the molecule is O=CN(C[C@@H](O)CO)[C@@H]1CCS(=O)(=O)C1. The van der Waals surface area contributed by atoms with E-state index in [9.17, 15) is 13.2 Å². The van der Waals surface area contributed by atoms with Crippen LogP contribution in [0.3, 0.4) is 0 Å². The summed E-state index contributed by atoms with van der Waals surface area (Å²) in [6.45, 7) is -0.468. The molecule has 2 N–H and O–H groups in total. The number of carbonyl (C=O) groups is 1. The second-order valence-corrected chi connectivity index (χ2v) is 5.92. The van der Waals surface area contributed by atoms with Gasteiger partial charge in [-0.3, -0.25) is 4.79 Å². The van der Waals surface area contributed by atoms with Gasteiger partial charge in [-0.25, -0.2) is 8.42 Å². The molecule has 2 atom stereocenters. The van der Waals surface area contributed by atoms with Gasteiger partial charge in [0.25, 0.3) is 0 Å². The van der Waals surface area contributed by atoms with E-state index in [4.69, 9.17) is 10.2 Å². The highest BCUT2D eigenvalue weighted by Gasteiger charge is 2.32. The largest absolute Gasteiger partial charge is 0.394 e. The lowest BCUT2D eigenvalue weighted by molar-refractivity contribution is -0.121. The molecule has 15 heavy (non-hydrogen) atoms. The number of rotatable bonds is 5. The monoisotopic (exact) mass is 237 g/mol. The molecule has 6 nitrogen and oxygen atoms in total. The minimum absolute atomic E-state index is 0.0276. The standard InChI is InChI=1S/C8H15NO5S/c10-4-8(12)3-9(6-11)7-1-2-15(13,14)5-7/h6-8,10,12H,1-5H2/t7-,8-/m1/s1. The van der Waals surface area contributed by atoms with Crippen LogP contribution in [-0.4, -0.2) is 66.7 Å². The van der Waals surface area contributed by atoms with Crippen molar-refractivity contribution in [3.05, 3.63) is 0 Å². The molecule has 1 saturated heterocycles. The Morgan fingerprint density at radius 2 is 2.20 bits per heavy atom. The normalized spacial score (nSPS) is 26.1. The van der Waals surface area contributed by atoms with E-state index in [1.165, 1.54) is 4.90 Å². The Hall–Kier alpha value is -0.660. The van der Waals surface area contributed by atoms with Crippen molar-refractivity contribution >= 4 is 16.2 Å². The molecule has 0 spiro atoms. The zero-order chi connectivity index (χ0) is 11.5. The fourth-order valence-corrected chi connectivity index (χ4v) is 3.36. The number of carbonyl (C=O) groups excluding carboxylic acids is 1. The van der Waals surface area contributed by atoms with Gasteiger partial charge in [-0.2, -0.15) is 0 Å². The Bertz CT molecular complexity index is 315. The van der Waals surface area contributed by atoms with E-state index < -0.39 is 22.5 Å². The Kier molecular flexibility index (Phi) is 4.06. The summed E-state index contributed by atoms with van der Waals surface area (Å²) in [4.78, 5) is 11.9. The third-order valence-electron chi connectivity index (χ3n) is 2.45. The molecule has 0 aromatic rings. The lowest BCUT2D eigenvalue weighted by Crippen LogP contribution is -2.41. The highest BCUT2D eigenvalue weighted by molar-refractivity contribution is 7.91. The zero-order valence-corrected chi connectivity index (χ0v) is 9.06. The summed E-state index contributed by atoms with van der Waals surface area (Å²) < 4.78 is 22.3. The lowest BCUT2D eigenvalue weighted by Gasteiger charge is -2.25. The van der Waals surface area contributed by atoms with Crippen molar-refractivity contribution in [1.29, 1.82) is 0 Å². The van der Waals surface area contributed by atoms with E-state index in [1.54, 1.807) is 0 Å². The number of amides is 1. The summed E-state index contributed by atoms with van der Waals surface area (Å²) in [5.74, 6) is 0.0289. The van der Waals surface area contributed by atoms with Crippen molar-refractivity contribution in [2.24, 2.45) is 0 Å². The number of aliphatic hydroxyl groups is 2. The van der Waals surface area contributed by atoms with Crippen molar-refractivity contribution in [1.82, 2.24) is 4.90 Å². The van der Waals surface area contributed by atoms with Crippen LogP contribution in [-0.2, 0) is 14.6 Å². The summed E-state index contributed by atoms with van der Waals surface area (Å²) in [6, 6.07) is -0.367. The lowest BCUT2D eigenvalue weighted by atomic mass is 10.2.